The third-order valence-electron chi connectivity index (χ3n) is 3.52. The van der Waals surface area contributed by atoms with Gasteiger partial charge in [0, 0.05) is 31.2 Å². The summed E-state index contributed by atoms with van der Waals surface area (Å²) in [6.45, 7) is 2.74. The molecule has 1 unspecified atom stereocenters. The van der Waals surface area contributed by atoms with Gasteiger partial charge in [-0.25, -0.2) is 0 Å². The van der Waals surface area contributed by atoms with Crippen molar-refractivity contribution in [2.24, 2.45) is 0 Å². The molecule has 1 N–H and O–H groups in total. The van der Waals surface area contributed by atoms with Crippen LogP contribution in [0.2, 0.25) is 0 Å². The average Bonchev–Trinajstić information content (AvgIpc) is 3.02. The predicted molar refractivity (Wildman–Crippen MR) is 76.8 cm³/mol. The van der Waals surface area contributed by atoms with Crippen LogP contribution in [-0.4, -0.2) is 41.2 Å². The van der Waals surface area contributed by atoms with E-state index in [-0.39, 0.29) is 0 Å². The first-order chi connectivity index (χ1) is 9.85. The number of likely N-dealkylation sites (N-methyl/N-ethyl adjacent to an activating group) is 1. The molecule has 0 spiro atoms. The lowest BCUT2D eigenvalue weighted by atomic mass is 10.0. The van der Waals surface area contributed by atoms with Crippen LogP contribution in [0, 0.1) is 0 Å². The maximum atomic E-state index is 4.85. The number of benzene rings is 1. The maximum absolute atomic E-state index is 4.85. The van der Waals surface area contributed by atoms with Gasteiger partial charge >= 0.3 is 0 Å². The van der Waals surface area contributed by atoms with Gasteiger partial charge in [-0.2, -0.15) is 4.98 Å². The highest BCUT2D eigenvalue weighted by Gasteiger charge is 2.22. The van der Waals surface area contributed by atoms with E-state index >= 15 is 0 Å². The first-order valence-corrected chi connectivity index (χ1v) is 6.76. The zero-order chi connectivity index (χ0) is 13.8. The average molecular weight is 270 g/mol. The van der Waals surface area contributed by atoms with E-state index < -0.39 is 0 Å². The molecule has 20 heavy (non-hydrogen) atoms. The summed E-state index contributed by atoms with van der Waals surface area (Å²) in [5.41, 5.74) is 2.43. The molecule has 1 aliphatic heterocycles. The number of hydrogen-bond donors (Lipinski definition) is 1. The van der Waals surface area contributed by atoms with Crippen LogP contribution in [0.25, 0.3) is 5.57 Å². The monoisotopic (exact) mass is 270 g/mol. The predicted octanol–water partition coefficient (Wildman–Crippen LogP) is 1.56. The Morgan fingerprint density at radius 2 is 2.20 bits per heavy atom. The minimum absolute atomic E-state index is 0.306. The lowest BCUT2D eigenvalue weighted by Crippen LogP contribution is -2.42. The van der Waals surface area contributed by atoms with E-state index in [0.717, 1.165) is 25.2 Å². The van der Waals surface area contributed by atoms with Gasteiger partial charge in [-0.3, -0.25) is 4.90 Å². The second-order valence-corrected chi connectivity index (χ2v) is 5.00. The molecule has 1 aromatic carbocycles. The van der Waals surface area contributed by atoms with Gasteiger partial charge in [0.25, 0.3) is 0 Å². The van der Waals surface area contributed by atoms with Crippen molar-refractivity contribution in [3.05, 3.63) is 54.2 Å². The highest BCUT2D eigenvalue weighted by Crippen LogP contribution is 2.19. The van der Waals surface area contributed by atoms with Crippen LogP contribution in [0.1, 0.15) is 11.4 Å². The summed E-state index contributed by atoms with van der Waals surface area (Å²) in [6, 6.07) is 10.8. The number of nitrogens with zero attached hydrogens (tertiary/aromatic N) is 3. The van der Waals surface area contributed by atoms with Gasteiger partial charge in [0.1, 0.15) is 0 Å². The van der Waals surface area contributed by atoms with Crippen LogP contribution in [0.4, 0.5) is 0 Å². The van der Waals surface area contributed by atoms with Crippen molar-refractivity contribution in [3.63, 3.8) is 0 Å². The number of aromatic nitrogens is 2. The Labute approximate surface area is 118 Å². The Morgan fingerprint density at radius 1 is 1.35 bits per heavy atom. The van der Waals surface area contributed by atoms with Gasteiger partial charge in [-0.1, -0.05) is 41.6 Å². The second-order valence-electron chi connectivity index (χ2n) is 5.00. The topological polar surface area (TPSA) is 54.2 Å². The second kappa shape index (κ2) is 5.98. The fourth-order valence-electron chi connectivity index (χ4n) is 2.53. The third-order valence-corrected chi connectivity index (χ3v) is 3.52. The Morgan fingerprint density at radius 3 is 2.90 bits per heavy atom. The molecule has 2 heterocycles. The minimum atomic E-state index is 0.306. The smallest absolute Gasteiger partial charge is 0.214 e. The largest absolute Gasteiger partial charge is 0.342 e. The lowest BCUT2D eigenvalue weighted by molar-refractivity contribution is 0.270. The Balaban J connectivity index is 1.76. The maximum Gasteiger partial charge on any atom is 0.214 e. The quantitative estimate of drug-likeness (QED) is 0.913. The Hall–Kier alpha value is -1.98. The summed E-state index contributed by atoms with van der Waals surface area (Å²) in [4.78, 5) is 6.54. The molecule has 1 aliphatic rings. The highest BCUT2D eigenvalue weighted by molar-refractivity contribution is 5.62. The van der Waals surface area contributed by atoms with Crippen LogP contribution < -0.4 is 5.32 Å². The van der Waals surface area contributed by atoms with E-state index in [9.17, 15) is 0 Å². The first-order valence-electron chi connectivity index (χ1n) is 6.76. The molecule has 104 valence electrons. The zero-order valence-electron chi connectivity index (χ0n) is 11.5. The van der Waals surface area contributed by atoms with Crippen LogP contribution in [0.5, 0.6) is 0 Å². The molecule has 0 saturated carbocycles. The van der Waals surface area contributed by atoms with Gasteiger partial charge in [0.2, 0.25) is 6.39 Å². The summed E-state index contributed by atoms with van der Waals surface area (Å²) in [6.07, 6.45) is 3.56. The Bertz CT molecular complexity index is 565. The molecule has 0 radical (unpaired) electrons. The van der Waals surface area contributed by atoms with Crippen molar-refractivity contribution in [1.29, 1.82) is 0 Å². The van der Waals surface area contributed by atoms with Gasteiger partial charge in [-0.15, -0.1) is 0 Å². The summed E-state index contributed by atoms with van der Waals surface area (Å²) in [7, 11) is 1.97. The lowest BCUT2D eigenvalue weighted by Gasteiger charge is -2.31. The number of nitrogens with one attached hydrogen (secondary N) is 1. The highest BCUT2D eigenvalue weighted by atomic mass is 16.5. The molecular formula is C15H18N4O. The van der Waals surface area contributed by atoms with Gasteiger partial charge in [-0.05, 0) is 12.6 Å². The number of rotatable bonds is 4. The summed E-state index contributed by atoms with van der Waals surface area (Å²) in [5, 5.41) is 7.25. The van der Waals surface area contributed by atoms with Crippen LogP contribution >= 0.6 is 0 Å². The molecule has 5 nitrogen and oxygen atoms in total. The molecule has 2 aromatic rings. The molecule has 1 atom stereocenters. The number of hydrogen-bond acceptors (Lipinski definition) is 5. The third kappa shape index (κ3) is 2.95. The molecule has 0 bridgehead atoms. The summed E-state index contributed by atoms with van der Waals surface area (Å²) < 4.78 is 4.85. The van der Waals surface area contributed by atoms with E-state index in [1.165, 1.54) is 12.0 Å². The van der Waals surface area contributed by atoms with Crippen LogP contribution in [-0.2, 0) is 6.54 Å². The summed E-state index contributed by atoms with van der Waals surface area (Å²) in [5.74, 6) is 0.683. The molecular weight excluding hydrogens is 252 g/mol. The summed E-state index contributed by atoms with van der Waals surface area (Å²) >= 11 is 0. The fourth-order valence-corrected chi connectivity index (χ4v) is 2.53. The van der Waals surface area contributed by atoms with Crippen molar-refractivity contribution in [3.8, 4) is 0 Å². The Kier molecular flexibility index (Phi) is 3.90. The molecule has 0 saturated heterocycles. The van der Waals surface area contributed by atoms with Crippen molar-refractivity contribution >= 4 is 5.57 Å². The minimum Gasteiger partial charge on any atom is -0.342 e. The normalized spacial score (nSPS) is 19.9. The van der Waals surface area contributed by atoms with Crippen molar-refractivity contribution in [2.75, 3.05) is 20.1 Å². The molecule has 0 amide bonds. The van der Waals surface area contributed by atoms with Gasteiger partial charge in [0.05, 0.1) is 0 Å². The van der Waals surface area contributed by atoms with Crippen molar-refractivity contribution in [2.45, 2.75) is 12.6 Å². The zero-order valence-corrected chi connectivity index (χ0v) is 11.5. The fraction of sp³-hybridized carbons (Fsp3) is 0.333. The molecule has 0 fully saturated rings. The molecule has 1 aromatic heterocycles. The molecule has 5 heteroatoms. The molecule has 0 aliphatic carbocycles. The first kappa shape index (κ1) is 13.0. The van der Waals surface area contributed by atoms with Gasteiger partial charge < -0.3 is 9.84 Å². The molecule has 3 rings (SSSR count). The van der Waals surface area contributed by atoms with Gasteiger partial charge in [0.15, 0.2) is 5.82 Å². The van der Waals surface area contributed by atoms with E-state index in [2.05, 4.69) is 50.7 Å². The van der Waals surface area contributed by atoms with E-state index in [4.69, 9.17) is 4.52 Å². The van der Waals surface area contributed by atoms with E-state index in [1.54, 1.807) is 0 Å². The van der Waals surface area contributed by atoms with Crippen LogP contribution in [0.3, 0.4) is 0 Å². The van der Waals surface area contributed by atoms with Crippen molar-refractivity contribution in [1.82, 2.24) is 20.4 Å². The van der Waals surface area contributed by atoms with Crippen LogP contribution in [0.15, 0.2) is 47.3 Å². The van der Waals surface area contributed by atoms with Crippen molar-refractivity contribution < 1.29 is 4.52 Å². The SMILES string of the molecule is CNC1C=C(c2ncon2)CN(Cc2ccccc2)C1. The van der Waals surface area contributed by atoms with E-state index in [0.29, 0.717) is 11.9 Å². The van der Waals surface area contributed by atoms with E-state index in [1.807, 2.05) is 13.1 Å². The standard InChI is InChI=1S/C15H18N4O/c1-16-14-7-13(15-17-11-20-18-15)9-19(10-14)8-12-5-3-2-4-6-12/h2-7,11,14,16H,8-10H2,1H3.